The van der Waals surface area contributed by atoms with E-state index in [0.717, 1.165) is 5.56 Å². The maximum Gasteiger partial charge on any atom is 0.129 e. The van der Waals surface area contributed by atoms with Gasteiger partial charge in [0.2, 0.25) is 0 Å². The van der Waals surface area contributed by atoms with Crippen molar-refractivity contribution in [3.8, 4) is 6.07 Å². The number of rotatable bonds is 3. The predicted octanol–water partition coefficient (Wildman–Crippen LogP) is 5.64. The molecule has 20 heavy (non-hydrogen) atoms. The molecule has 0 fully saturated rings. The Hall–Kier alpha value is -1.27. The molecule has 2 aromatic rings. The van der Waals surface area contributed by atoms with E-state index in [1.54, 1.807) is 24.3 Å². The number of nitriles is 1. The number of hydrogen-bond acceptors (Lipinski definition) is 1. The van der Waals surface area contributed by atoms with E-state index in [2.05, 4.69) is 6.07 Å². The Morgan fingerprint density at radius 1 is 1.05 bits per heavy atom. The molecule has 1 atom stereocenters. The van der Waals surface area contributed by atoms with Gasteiger partial charge in [0.25, 0.3) is 0 Å². The monoisotopic (exact) mass is 327 g/mol. The van der Waals surface area contributed by atoms with Crippen LogP contribution in [0.25, 0.3) is 0 Å². The minimum Gasteiger partial charge on any atom is -0.207 e. The first-order chi connectivity index (χ1) is 9.52. The molecule has 2 aromatic carbocycles. The summed E-state index contributed by atoms with van der Waals surface area (Å²) in [6.45, 7) is 0. The lowest BCUT2D eigenvalue weighted by atomic mass is 9.93. The number of benzene rings is 2. The Bertz CT molecular complexity index is 659. The lowest BCUT2D eigenvalue weighted by Crippen LogP contribution is -2.04. The summed E-state index contributed by atoms with van der Waals surface area (Å²) >= 11 is 17.8. The van der Waals surface area contributed by atoms with Gasteiger partial charge in [0.05, 0.1) is 22.0 Å². The van der Waals surface area contributed by atoms with Crippen LogP contribution in [0, 0.1) is 17.1 Å². The summed E-state index contributed by atoms with van der Waals surface area (Å²) in [5.41, 5.74) is 1.01. The van der Waals surface area contributed by atoms with Crippen LogP contribution in [0.3, 0.4) is 0 Å². The van der Waals surface area contributed by atoms with Gasteiger partial charge in [0, 0.05) is 10.6 Å². The van der Waals surface area contributed by atoms with Crippen LogP contribution in [0.4, 0.5) is 4.39 Å². The van der Waals surface area contributed by atoms with Crippen LogP contribution in [0.5, 0.6) is 0 Å². The van der Waals surface area contributed by atoms with Gasteiger partial charge in [-0.25, -0.2) is 4.39 Å². The molecule has 0 aliphatic rings. The largest absolute Gasteiger partial charge is 0.207 e. The van der Waals surface area contributed by atoms with E-state index in [1.807, 2.05) is 0 Å². The van der Waals surface area contributed by atoms with Crippen molar-refractivity contribution >= 4 is 34.8 Å². The molecular weight excluding hydrogens is 320 g/mol. The summed E-state index contributed by atoms with van der Waals surface area (Å²) in [6, 6.07) is 11.5. The van der Waals surface area contributed by atoms with E-state index in [9.17, 15) is 9.65 Å². The van der Waals surface area contributed by atoms with Crippen LogP contribution >= 0.6 is 34.8 Å². The summed E-state index contributed by atoms with van der Waals surface area (Å²) in [4.78, 5) is 0. The standard InChI is InChI=1S/C15H9Cl3FN/c16-11-5-4-9(7-13(11)18)6-10(8-20)15-12(17)2-1-3-14(15)19/h1-5,7,10H,6H2. The van der Waals surface area contributed by atoms with Crippen molar-refractivity contribution in [2.45, 2.75) is 12.3 Å². The first-order valence-corrected chi connectivity index (χ1v) is 6.93. The Balaban J connectivity index is 2.34. The molecule has 0 amide bonds. The molecule has 0 saturated heterocycles. The smallest absolute Gasteiger partial charge is 0.129 e. The summed E-state index contributed by atoms with van der Waals surface area (Å²) in [7, 11) is 0. The Labute approximate surface area is 131 Å². The molecule has 1 unspecified atom stereocenters. The van der Waals surface area contributed by atoms with Crippen molar-refractivity contribution in [1.29, 1.82) is 5.26 Å². The molecule has 0 heterocycles. The first kappa shape index (κ1) is 15.1. The maximum absolute atomic E-state index is 13.9. The third-order valence-corrected chi connectivity index (χ3v) is 4.00. The van der Waals surface area contributed by atoms with Gasteiger partial charge in [0.15, 0.2) is 0 Å². The molecule has 0 spiro atoms. The van der Waals surface area contributed by atoms with Crippen LogP contribution in [0.15, 0.2) is 36.4 Å². The quantitative estimate of drug-likeness (QED) is 0.715. The number of nitrogens with zero attached hydrogens (tertiary/aromatic N) is 1. The van der Waals surface area contributed by atoms with E-state index < -0.39 is 11.7 Å². The van der Waals surface area contributed by atoms with Crippen molar-refractivity contribution in [2.75, 3.05) is 0 Å². The summed E-state index contributed by atoms with van der Waals surface area (Å²) in [5.74, 6) is -1.16. The molecule has 1 nitrogen and oxygen atoms in total. The van der Waals surface area contributed by atoms with Crippen molar-refractivity contribution in [1.82, 2.24) is 0 Å². The molecule has 102 valence electrons. The summed E-state index contributed by atoms with van der Waals surface area (Å²) in [6.07, 6.45) is 0.314. The van der Waals surface area contributed by atoms with E-state index in [0.29, 0.717) is 16.5 Å². The van der Waals surface area contributed by atoms with Gasteiger partial charge < -0.3 is 0 Å². The van der Waals surface area contributed by atoms with Crippen molar-refractivity contribution < 1.29 is 4.39 Å². The van der Waals surface area contributed by atoms with Gasteiger partial charge in [-0.05, 0) is 36.2 Å². The van der Waals surface area contributed by atoms with Gasteiger partial charge in [-0.15, -0.1) is 0 Å². The molecule has 0 aromatic heterocycles. The molecule has 0 radical (unpaired) electrons. The zero-order valence-electron chi connectivity index (χ0n) is 10.2. The van der Waals surface area contributed by atoms with Gasteiger partial charge >= 0.3 is 0 Å². The Kier molecular flexibility index (Phi) is 4.88. The molecular formula is C15H9Cl3FN. The Morgan fingerprint density at radius 2 is 1.80 bits per heavy atom. The van der Waals surface area contributed by atoms with Crippen LogP contribution in [-0.4, -0.2) is 0 Å². The first-order valence-electron chi connectivity index (χ1n) is 5.80. The molecule has 0 bridgehead atoms. The van der Waals surface area contributed by atoms with Crippen LogP contribution < -0.4 is 0 Å². The second kappa shape index (κ2) is 6.45. The van der Waals surface area contributed by atoms with Gasteiger partial charge in [0.1, 0.15) is 5.82 Å². The predicted molar refractivity (Wildman–Crippen MR) is 79.9 cm³/mol. The summed E-state index contributed by atoms with van der Waals surface area (Å²) < 4.78 is 13.9. The minimum absolute atomic E-state index is 0.211. The highest BCUT2D eigenvalue weighted by molar-refractivity contribution is 6.42. The van der Waals surface area contributed by atoms with Crippen molar-refractivity contribution in [3.63, 3.8) is 0 Å². The zero-order valence-corrected chi connectivity index (χ0v) is 12.5. The van der Waals surface area contributed by atoms with Crippen molar-refractivity contribution in [2.24, 2.45) is 0 Å². The zero-order chi connectivity index (χ0) is 14.7. The van der Waals surface area contributed by atoms with Gasteiger partial charge in [-0.1, -0.05) is 46.9 Å². The van der Waals surface area contributed by atoms with E-state index in [4.69, 9.17) is 34.8 Å². The number of hydrogen-bond donors (Lipinski definition) is 0. The van der Waals surface area contributed by atoms with E-state index in [1.165, 1.54) is 12.1 Å². The highest BCUT2D eigenvalue weighted by atomic mass is 35.5. The molecule has 0 aliphatic heterocycles. The lowest BCUT2D eigenvalue weighted by Gasteiger charge is -2.13. The Morgan fingerprint density at radius 3 is 2.40 bits per heavy atom. The van der Waals surface area contributed by atoms with Gasteiger partial charge in [-0.3, -0.25) is 0 Å². The minimum atomic E-state index is -0.680. The fraction of sp³-hybridized carbons (Fsp3) is 0.133. The van der Waals surface area contributed by atoms with Crippen LogP contribution in [0.1, 0.15) is 17.0 Å². The summed E-state index contributed by atoms with van der Waals surface area (Å²) in [5, 5.41) is 10.4. The second-order valence-electron chi connectivity index (χ2n) is 4.27. The fourth-order valence-corrected chi connectivity index (χ4v) is 2.57. The van der Waals surface area contributed by atoms with Gasteiger partial charge in [-0.2, -0.15) is 5.26 Å². The third kappa shape index (κ3) is 3.24. The average molecular weight is 329 g/mol. The topological polar surface area (TPSA) is 23.8 Å². The normalized spacial score (nSPS) is 11.9. The van der Waals surface area contributed by atoms with Crippen molar-refractivity contribution in [3.05, 3.63) is 68.4 Å². The molecule has 2 rings (SSSR count). The van der Waals surface area contributed by atoms with E-state index in [-0.39, 0.29) is 10.6 Å². The fourth-order valence-electron chi connectivity index (χ4n) is 1.96. The molecule has 5 heteroatoms. The highest BCUT2D eigenvalue weighted by Crippen LogP contribution is 2.31. The van der Waals surface area contributed by atoms with E-state index >= 15 is 0 Å². The molecule has 0 aliphatic carbocycles. The maximum atomic E-state index is 13.9. The van der Waals surface area contributed by atoms with Crippen LogP contribution in [-0.2, 0) is 6.42 Å². The molecule has 0 N–H and O–H groups in total. The lowest BCUT2D eigenvalue weighted by molar-refractivity contribution is 0.600. The SMILES string of the molecule is N#CC(Cc1ccc(Cl)c(Cl)c1)c1c(F)cccc1Cl. The second-order valence-corrected chi connectivity index (χ2v) is 5.49. The number of halogens is 4. The van der Waals surface area contributed by atoms with Crippen LogP contribution in [0.2, 0.25) is 15.1 Å². The molecule has 0 saturated carbocycles. The average Bonchev–Trinajstić information content (AvgIpc) is 2.41. The highest BCUT2D eigenvalue weighted by Gasteiger charge is 2.19. The third-order valence-electron chi connectivity index (χ3n) is 2.93.